The zero-order valence-electron chi connectivity index (χ0n) is 10.4. The Labute approximate surface area is 108 Å². The lowest BCUT2D eigenvalue weighted by atomic mass is 10.3. The molecule has 0 aromatic carbocycles. The van der Waals surface area contributed by atoms with Gasteiger partial charge in [-0.3, -0.25) is 4.68 Å². The van der Waals surface area contributed by atoms with Gasteiger partial charge in [-0.1, -0.05) is 0 Å². The standard InChI is InChI=1S/C12H13FN6/c1-9(7-18-6-2-5-14-18)15-12-16-11-4-3-10(13)8-19(11)17-12/h2-6,8-9H,7H2,1H3,(H,15,17). The molecule has 1 atom stereocenters. The molecule has 19 heavy (non-hydrogen) atoms. The second-order valence-corrected chi connectivity index (χ2v) is 4.36. The summed E-state index contributed by atoms with van der Waals surface area (Å²) in [5.41, 5.74) is 0.607. The lowest BCUT2D eigenvalue weighted by molar-refractivity contribution is 0.558. The summed E-state index contributed by atoms with van der Waals surface area (Å²) in [6, 6.07) is 4.94. The summed E-state index contributed by atoms with van der Waals surface area (Å²) < 4.78 is 16.3. The minimum Gasteiger partial charge on any atom is -0.349 e. The molecule has 0 aliphatic rings. The molecule has 3 aromatic heterocycles. The highest BCUT2D eigenvalue weighted by atomic mass is 19.1. The normalized spacial score (nSPS) is 12.7. The molecule has 3 heterocycles. The van der Waals surface area contributed by atoms with E-state index < -0.39 is 0 Å². The minimum atomic E-state index is -0.339. The first-order valence-corrected chi connectivity index (χ1v) is 5.96. The summed E-state index contributed by atoms with van der Waals surface area (Å²) in [4.78, 5) is 4.27. The van der Waals surface area contributed by atoms with Gasteiger partial charge in [0.05, 0.1) is 12.7 Å². The van der Waals surface area contributed by atoms with Gasteiger partial charge in [-0.2, -0.15) is 10.1 Å². The van der Waals surface area contributed by atoms with Crippen molar-refractivity contribution in [3.63, 3.8) is 0 Å². The van der Waals surface area contributed by atoms with Crippen LogP contribution < -0.4 is 5.32 Å². The Kier molecular flexibility index (Phi) is 2.86. The van der Waals surface area contributed by atoms with Gasteiger partial charge in [-0.25, -0.2) is 8.91 Å². The Morgan fingerprint density at radius 3 is 3.11 bits per heavy atom. The molecule has 0 radical (unpaired) electrons. The average Bonchev–Trinajstić information content (AvgIpc) is 2.97. The number of fused-ring (bicyclic) bond motifs is 1. The minimum absolute atomic E-state index is 0.113. The highest BCUT2D eigenvalue weighted by Crippen LogP contribution is 2.08. The van der Waals surface area contributed by atoms with Gasteiger partial charge in [0.1, 0.15) is 5.82 Å². The third-order valence-electron chi connectivity index (χ3n) is 2.69. The zero-order chi connectivity index (χ0) is 13.2. The summed E-state index contributed by atoms with van der Waals surface area (Å²) in [5.74, 6) is 0.138. The van der Waals surface area contributed by atoms with Crippen LogP contribution in [0.4, 0.5) is 10.3 Å². The van der Waals surface area contributed by atoms with Gasteiger partial charge >= 0.3 is 0 Å². The van der Waals surface area contributed by atoms with E-state index in [1.54, 1.807) is 12.3 Å². The molecule has 0 saturated heterocycles. The number of rotatable bonds is 4. The molecule has 1 N–H and O–H groups in total. The van der Waals surface area contributed by atoms with E-state index in [0.29, 0.717) is 18.1 Å². The van der Waals surface area contributed by atoms with Crippen LogP contribution in [0.25, 0.3) is 5.65 Å². The third-order valence-corrected chi connectivity index (χ3v) is 2.69. The molecule has 7 heteroatoms. The molecule has 3 rings (SSSR count). The predicted molar refractivity (Wildman–Crippen MR) is 68.3 cm³/mol. The van der Waals surface area contributed by atoms with Crippen molar-refractivity contribution in [2.45, 2.75) is 19.5 Å². The van der Waals surface area contributed by atoms with Crippen LogP contribution in [-0.2, 0) is 6.54 Å². The van der Waals surface area contributed by atoms with Crippen LogP contribution in [0.2, 0.25) is 0 Å². The Hall–Kier alpha value is -2.44. The molecule has 0 aliphatic carbocycles. The van der Waals surface area contributed by atoms with E-state index in [-0.39, 0.29) is 11.9 Å². The van der Waals surface area contributed by atoms with Crippen LogP contribution >= 0.6 is 0 Å². The maximum Gasteiger partial charge on any atom is 0.243 e. The molecule has 0 fully saturated rings. The van der Waals surface area contributed by atoms with Gasteiger partial charge < -0.3 is 5.32 Å². The van der Waals surface area contributed by atoms with E-state index >= 15 is 0 Å². The third kappa shape index (κ3) is 2.54. The van der Waals surface area contributed by atoms with E-state index in [9.17, 15) is 4.39 Å². The number of hydrogen-bond acceptors (Lipinski definition) is 4. The molecule has 0 amide bonds. The molecule has 6 nitrogen and oxygen atoms in total. The second kappa shape index (κ2) is 4.68. The lowest BCUT2D eigenvalue weighted by Crippen LogP contribution is -2.22. The summed E-state index contributed by atoms with van der Waals surface area (Å²) in [5, 5.41) is 11.5. The monoisotopic (exact) mass is 260 g/mol. The first kappa shape index (κ1) is 11.6. The van der Waals surface area contributed by atoms with Gasteiger partial charge in [0.25, 0.3) is 0 Å². The number of nitrogens with one attached hydrogen (secondary N) is 1. The smallest absolute Gasteiger partial charge is 0.243 e. The fraction of sp³-hybridized carbons (Fsp3) is 0.250. The zero-order valence-corrected chi connectivity index (χ0v) is 10.4. The second-order valence-electron chi connectivity index (χ2n) is 4.36. The Balaban J connectivity index is 1.74. The maximum absolute atomic E-state index is 13.0. The van der Waals surface area contributed by atoms with E-state index in [2.05, 4.69) is 20.5 Å². The van der Waals surface area contributed by atoms with Crippen molar-refractivity contribution in [1.29, 1.82) is 0 Å². The van der Waals surface area contributed by atoms with E-state index in [0.717, 1.165) is 0 Å². The quantitative estimate of drug-likeness (QED) is 0.773. The van der Waals surface area contributed by atoms with Crippen molar-refractivity contribution in [2.24, 2.45) is 0 Å². The van der Waals surface area contributed by atoms with Crippen LogP contribution in [-0.4, -0.2) is 30.4 Å². The molecule has 0 saturated carbocycles. The van der Waals surface area contributed by atoms with Crippen molar-refractivity contribution in [3.05, 3.63) is 42.6 Å². The topological polar surface area (TPSA) is 60.0 Å². The Morgan fingerprint density at radius 2 is 2.32 bits per heavy atom. The van der Waals surface area contributed by atoms with Gasteiger partial charge in [0.2, 0.25) is 5.95 Å². The SMILES string of the molecule is CC(Cn1cccn1)Nc1nc2ccc(F)cn2n1. The average molecular weight is 260 g/mol. The van der Waals surface area contributed by atoms with Crippen LogP contribution in [0.3, 0.4) is 0 Å². The molecular formula is C12H13FN6. The molecule has 0 spiro atoms. The molecule has 1 unspecified atom stereocenters. The van der Waals surface area contributed by atoms with Crippen LogP contribution in [0, 0.1) is 5.82 Å². The number of aromatic nitrogens is 5. The summed E-state index contributed by atoms with van der Waals surface area (Å²) in [7, 11) is 0. The number of halogens is 1. The number of anilines is 1. The number of hydrogen-bond donors (Lipinski definition) is 1. The van der Waals surface area contributed by atoms with Crippen LogP contribution in [0.15, 0.2) is 36.8 Å². The van der Waals surface area contributed by atoms with Crippen LogP contribution in [0.1, 0.15) is 6.92 Å². The maximum atomic E-state index is 13.0. The first-order chi connectivity index (χ1) is 9.20. The largest absolute Gasteiger partial charge is 0.349 e. The molecule has 98 valence electrons. The first-order valence-electron chi connectivity index (χ1n) is 5.96. The fourth-order valence-electron chi connectivity index (χ4n) is 1.87. The summed E-state index contributed by atoms with van der Waals surface area (Å²) in [6.45, 7) is 2.71. The van der Waals surface area contributed by atoms with Crippen molar-refractivity contribution in [1.82, 2.24) is 24.4 Å². The summed E-state index contributed by atoms with van der Waals surface area (Å²) in [6.07, 6.45) is 4.93. The summed E-state index contributed by atoms with van der Waals surface area (Å²) >= 11 is 0. The molecule has 3 aromatic rings. The highest BCUT2D eigenvalue weighted by molar-refractivity contribution is 5.43. The Morgan fingerprint density at radius 1 is 1.42 bits per heavy atom. The van der Waals surface area contributed by atoms with Gasteiger partial charge in [0.15, 0.2) is 5.65 Å². The lowest BCUT2D eigenvalue weighted by Gasteiger charge is -2.11. The predicted octanol–water partition coefficient (Wildman–Crippen LogP) is 1.57. The molecular weight excluding hydrogens is 247 g/mol. The number of nitrogens with zero attached hydrogens (tertiary/aromatic N) is 5. The van der Waals surface area contributed by atoms with Crippen LogP contribution in [0.5, 0.6) is 0 Å². The fourth-order valence-corrected chi connectivity index (χ4v) is 1.87. The van der Waals surface area contributed by atoms with Crippen molar-refractivity contribution in [2.75, 3.05) is 5.32 Å². The van der Waals surface area contributed by atoms with E-state index in [1.165, 1.54) is 16.8 Å². The van der Waals surface area contributed by atoms with Crippen molar-refractivity contribution >= 4 is 11.6 Å². The molecule has 0 aliphatic heterocycles. The van der Waals surface area contributed by atoms with Gasteiger partial charge in [-0.05, 0) is 25.1 Å². The Bertz CT molecular complexity index is 675. The van der Waals surface area contributed by atoms with Crippen molar-refractivity contribution < 1.29 is 4.39 Å². The van der Waals surface area contributed by atoms with Crippen molar-refractivity contribution in [3.8, 4) is 0 Å². The molecule has 0 bridgehead atoms. The van der Waals surface area contributed by atoms with Gasteiger partial charge in [0, 0.05) is 18.4 Å². The van der Waals surface area contributed by atoms with E-state index in [4.69, 9.17) is 0 Å². The number of pyridine rings is 1. The van der Waals surface area contributed by atoms with E-state index in [1.807, 2.05) is 23.9 Å². The van der Waals surface area contributed by atoms with Gasteiger partial charge in [-0.15, -0.1) is 5.10 Å². The highest BCUT2D eigenvalue weighted by Gasteiger charge is 2.08.